The van der Waals surface area contributed by atoms with Gasteiger partial charge in [-0.15, -0.1) is 0 Å². The molecule has 96 valence electrons. The van der Waals surface area contributed by atoms with Crippen molar-refractivity contribution in [1.29, 1.82) is 10.5 Å². The first-order chi connectivity index (χ1) is 9.74. The van der Waals surface area contributed by atoms with Crippen LogP contribution in [-0.4, -0.2) is 0 Å². The highest BCUT2D eigenvalue weighted by atomic mass is 16.5. The first kappa shape index (κ1) is 13.2. The van der Waals surface area contributed by atoms with E-state index < -0.39 is 0 Å². The quantitative estimate of drug-likeness (QED) is 0.830. The van der Waals surface area contributed by atoms with Crippen LogP contribution < -0.4 is 5.73 Å². The lowest BCUT2D eigenvalue weighted by atomic mass is 10.1. The van der Waals surface area contributed by atoms with Crippen molar-refractivity contribution in [2.75, 3.05) is 0 Å². The first-order valence-corrected chi connectivity index (χ1v) is 5.86. The fraction of sp³-hybridized carbons (Fsp3) is 0. The van der Waals surface area contributed by atoms with Gasteiger partial charge in [-0.05, 0) is 23.8 Å². The van der Waals surface area contributed by atoms with Gasteiger partial charge in [0, 0.05) is 5.57 Å². The Balaban J connectivity index is 2.35. The number of nitrogens with zero attached hydrogens (tertiary/aromatic N) is 2. The molecule has 4 heteroatoms. The SMILES string of the molecule is N#CC(C#N)=C1C=COC(C(N)=Cc2ccccc2)=C1. The highest BCUT2D eigenvalue weighted by molar-refractivity contribution is 5.59. The van der Waals surface area contributed by atoms with E-state index in [-0.39, 0.29) is 5.57 Å². The summed E-state index contributed by atoms with van der Waals surface area (Å²) in [5, 5.41) is 17.7. The van der Waals surface area contributed by atoms with Crippen LogP contribution in [0.2, 0.25) is 0 Å². The predicted octanol–water partition coefficient (Wildman–Crippen LogP) is 2.76. The lowest BCUT2D eigenvalue weighted by molar-refractivity contribution is 0.356. The Labute approximate surface area is 117 Å². The number of rotatable bonds is 2. The highest BCUT2D eigenvalue weighted by Crippen LogP contribution is 2.21. The average Bonchev–Trinajstić information content (AvgIpc) is 2.50. The van der Waals surface area contributed by atoms with Crippen LogP contribution in [0.15, 0.2) is 71.3 Å². The van der Waals surface area contributed by atoms with Gasteiger partial charge in [-0.2, -0.15) is 10.5 Å². The van der Waals surface area contributed by atoms with Crippen LogP contribution in [0.4, 0.5) is 0 Å². The number of hydrogen-bond donors (Lipinski definition) is 1. The van der Waals surface area contributed by atoms with E-state index >= 15 is 0 Å². The van der Waals surface area contributed by atoms with Crippen LogP contribution in [0.1, 0.15) is 5.56 Å². The Morgan fingerprint density at radius 3 is 2.50 bits per heavy atom. The van der Waals surface area contributed by atoms with E-state index in [1.807, 2.05) is 42.5 Å². The number of ether oxygens (including phenoxy) is 1. The maximum Gasteiger partial charge on any atom is 0.150 e. The summed E-state index contributed by atoms with van der Waals surface area (Å²) in [6, 6.07) is 13.2. The van der Waals surface area contributed by atoms with Crippen molar-refractivity contribution in [1.82, 2.24) is 0 Å². The van der Waals surface area contributed by atoms with Crippen LogP contribution in [-0.2, 0) is 4.74 Å². The molecule has 1 heterocycles. The molecule has 1 aromatic rings. The van der Waals surface area contributed by atoms with E-state index in [0.717, 1.165) is 5.56 Å². The smallest absolute Gasteiger partial charge is 0.150 e. The molecule has 0 aromatic heterocycles. The second-order valence-electron chi connectivity index (χ2n) is 3.99. The van der Waals surface area contributed by atoms with Gasteiger partial charge in [0.2, 0.25) is 0 Å². The second kappa shape index (κ2) is 6.08. The van der Waals surface area contributed by atoms with Crippen molar-refractivity contribution in [2.24, 2.45) is 5.73 Å². The Kier molecular flexibility index (Phi) is 4.01. The molecule has 0 amide bonds. The summed E-state index contributed by atoms with van der Waals surface area (Å²) in [6.07, 6.45) is 6.31. The molecule has 0 atom stereocenters. The Bertz CT molecular complexity index is 694. The Morgan fingerprint density at radius 1 is 1.15 bits per heavy atom. The number of nitriles is 2. The number of benzene rings is 1. The highest BCUT2D eigenvalue weighted by Gasteiger charge is 2.10. The molecule has 0 saturated heterocycles. The molecule has 2 rings (SSSR count). The maximum absolute atomic E-state index is 8.86. The summed E-state index contributed by atoms with van der Waals surface area (Å²) in [6.45, 7) is 0. The van der Waals surface area contributed by atoms with Gasteiger partial charge in [0.25, 0.3) is 0 Å². The summed E-state index contributed by atoms with van der Waals surface area (Å²) in [5.41, 5.74) is 7.85. The zero-order valence-electron chi connectivity index (χ0n) is 10.6. The Morgan fingerprint density at radius 2 is 1.85 bits per heavy atom. The summed E-state index contributed by atoms with van der Waals surface area (Å²) >= 11 is 0. The van der Waals surface area contributed by atoms with Gasteiger partial charge < -0.3 is 10.5 Å². The average molecular weight is 261 g/mol. The van der Waals surface area contributed by atoms with E-state index in [9.17, 15) is 0 Å². The number of hydrogen-bond acceptors (Lipinski definition) is 4. The molecule has 2 N–H and O–H groups in total. The number of allylic oxidation sites excluding steroid dienone is 4. The number of nitrogens with two attached hydrogens (primary N) is 1. The molecule has 20 heavy (non-hydrogen) atoms. The molecule has 0 bridgehead atoms. The van der Waals surface area contributed by atoms with Crippen LogP contribution in [0.5, 0.6) is 0 Å². The monoisotopic (exact) mass is 261 g/mol. The van der Waals surface area contributed by atoms with Crippen molar-refractivity contribution in [3.8, 4) is 12.1 Å². The molecule has 1 aliphatic rings. The summed E-state index contributed by atoms with van der Waals surface area (Å²) in [7, 11) is 0. The van der Waals surface area contributed by atoms with E-state index in [4.69, 9.17) is 21.0 Å². The lowest BCUT2D eigenvalue weighted by Crippen LogP contribution is -2.05. The standard InChI is InChI=1S/C16H11N3O/c17-10-14(11-18)13-6-7-20-16(9-13)15(19)8-12-4-2-1-3-5-12/h1-9H,19H2. The molecular formula is C16H11N3O. The van der Waals surface area contributed by atoms with Gasteiger partial charge in [0.1, 0.15) is 23.5 Å². The van der Waals surface area contributed by atoms with E-state index in [0.29, 0.717) is 17.0 Å². The minimum atomic E-state index is 0.0227. The third-order valence-corrected chi connectivity index (χ3v) is 2.65. The van der Waals surface area contributed by atoms with Crippen LogP contribution in [0, 0.1) is 22.7 Å². The van der Waals surface area contributed by atoms with Crippen molar-refractivity contribution >= 4 is 6.08 Å². The normalized spacial score (nSPS) is 13.8. The lowest BCUT2D eigenvalue weighted by Gasteiger charge is -2.11. The van der Waals surface area contributed by atoms with Crippen LogP contribution in [0.25, 0.3) is 6.08 Å². The fourth-order valence-corrected chi connectivity index (χ4v) is 1.66. The minimum absolute atomic E-state index is 0.0227. The van der Waals surface area contributed by atoms with E-state index in [1.165, 1.54) is 6.26 Å². The predicted molar refractivity (Wildman–Crippen MR) is 75.2 cm³/mol. The second-order valence-corrected chi connectivity index (χ2v) is 3.99. The molecule has 1 aliphatic heterocycles. The fourth-order valence-electron chi connectivity index (χ4n) is 1.66. The first-order valence-electron chi connectivity index (χ1n) is 5.86. The summed E-state index contributed by atoms with van der Waals surface area (Å²) in [5.74, 6) is 0.411. The third kappa shape index (κ3) is 2.95. The van der Waals surface area contributed by atoms with Gasteiger partial charge in [0.05, 0.1) is 12.0 Å². The van der Waals surface area contributed by atoms with Crippen LogP contribution in [0.3, 0.4) is 0 Å². The Hall–Kier alpha value is -3.24. The van der Waals surface area contributed by atoms with Crippen molar-refractivity contribution in [3.63, 3.8) is 0 Å². The van der Waals surface area contributed by atoms with Gasteiger partial charge in [0.15, 0.2) is 0 Å². The molecule has 4 nitrogen and oxygen atoms in total. The topological polar surface area (TPSA) is 82.8 Å². The van der Waals surface area contributed by atoms with Crippen molar-refractivity contribution in [2.45, 2.75) is 0 Å². The van der Waals surface area contributed by atoms with E-state index in [1.54, 1.807) is 18.2 Å². The van der Waals surface area contributed by atoms with Gasteiger partial charge >= 0.3 is 0 Å². The maximum atomic E-state index is 8.86. The third-order valence-electron chi connectivity index (χ3n) is 2.65. The molecule has 0 saturated carbocycles. The molecule has 0 unspecified atom stereocenters. The molecule has 0 radical (unpaired) electrons. The largest absolute Gasteiger partial charge is 0.463 e. The van der Waals surface area contributed by atoms with E-state index in [2.05, 4.69) is 0 Å². The molecule has 0 aliphatic carbocycles. The minimum Gasteiger partial charge on any atom is -0.463 e. The molecule has 1 aromatic carbocycles. The summed E-state index contributed by atoms with van der Waals surface area (Å²) < 4.78 is 5.32. The summed E-state index contributed by atoms with van der Waals surface area (Å²) in [4.78, 5) is 0. The van der Waals surface area contributed by atoms with Crippen LogP contribution >= 0.6 is 0 Å². The molecule has 0 spiro atoms. The zero-order chi connectivity index (χ0) is 14.4. The van der Waals surface area contributed by atoms with Crippen molar-refractivity contribution in [3.05, 3.63) is 76.9 Å². The van der Waals surface area contributed by atoms with Gasteiger partial charge in [-0.1, -0.05) is 30.3 Å². The molecule has 0 fully saturated rings. The zero-order valence-corrected chi connectivity index (χ0v) is 10.6. The van der Waals surface area contributed by atoms with Crippen molar-refractivity contribution < 1.29 is 4.74 Å². The van der Waals surface area contributed by atoms with Gasteiger partial charge in [-0.25, -0.2) is 0 Å². The van der Waals surface area contributed by atoms with Gasteiger partial charge in [-0.3, -0.25) is 0 Å². The molecular weight excluding hydrogens is 250 g/mol.